The van der Waals surface area contributed by atoms with Crippen LogP contribution in [0.25, 0.3) is 28.0 Å². The first kappa shape index (κ1) is 29.5. The first-order valence-electron chi connectivity index (χ1n) is 16.2. The van der Waals surface area contributed by atoms with Crippen molar-refractivity contribution in [3.8, 4) is 34.1 Å². The van der Waals surface area contributed by atoms with Crippen LogP contribution in [0.3, 0.4) is 0 Å². The Balaban J connectivity index is 1.37. The predicted molar refractivity (Wildman–Crippen MR) is 188 cm³/mol. The summed E-state index contributed by atoms with van der Waals surface area (Å²) in [6.45, 7) is 7.81. The second-order valence-corrected chi connectivity index (χ2v) is 12.9. The lowest BCUT2D eigenvalue weighted by molar-refractivity contribution is 0.122. The highest BCUT2D eigenvalue weighted by molar-refractivity contribution is 6.09. The van der Waals surface area contributed by atoms with Gasteiger partial charge in [-0.1, -0.05) is 86.7 Å². The molecule has 6 nitrogen and oxygen atoms in total. The predicted octanol–water partition coefficient (Wildman–Crippen LogP) is 8.36. The molecule has 3 aliphatic rings. The fraction of sp³-hybridized carbons (Fsp3) is 0.268. The Labute approximate surface area is 276 Å². The summed E-state index contributed by atoms with van der Waals surface area (Å²) in [5, 5.41) is 2.19. The molecule has 47 heavy (non-hydrogen) atoms. The van der Waals surface area contributed by atoms with Crippen LogP contribution in [0.15, 0.2) is 91.0 Å². The number of morpholine rings is 1. The molecule has 1 aliphatic carbocycles. The Bertz CT molecular complexity index is 2030. The second-order valence-electron chi connectivity index (χ2n) is 12.9. The maximum atomic E-state index is 7.45. The molecular weight excluding hydrogens is 586 g/mol. The fourth-order valence-corrected chi connectivity index (χ4v) is 8.02. The lowest BCUT2D eigenvalue weighted by Crippen LogP contribution is -2.37. The van der Waals surface area contributed by atoms with Gasteiger partial charge in [-0.15, -0.1) is 0 Å². The van der Waals surface area contributed by atoms with E-state index in [0.29, 0.717) is 17.2 Å². The van der Waals surface area contributed by atoms with Crippen LogP contribution in [0, 0.1) is 0 Å². The van der Waals surface area contributed by atoms with Crippen molar-refractivity contribution in [1.82, 2.24) is 0 Å². The summed E-state index contributed by atoms with van der Waals surface area (Å²) in [4.78, 5) is 2.38. The van der Waals surface area contributed by atoms with Crippen molar-refractivity contribution in [2.24, 2.45) is 0 Å². The molecule has 0 bridgehead atoms. The quantitative estimate of drug-likeness (QED) is 0.189. The van der Waals surface area contributed by atoms with E-state index in [2.05, 4.69) is 116 Å². The molecule has 2 aliphatic heterocycles. The minimum absolute atomic E-state index is 0.427. The van der Waals surface area contributed by atoms with E-state index in [1.165, 1.54) is 16.8 Å². The van der Waals surface area contributed by atoms with Crippen LogP contribution in [-0.2, 0) is 15.8 Å². The molecule has 0 aromatic heterocycles. The van der Waals surface area contributed by atoms with Crippen LogP contribution in [-0.4, -0.2) is 47.6 Å². The molecular formula is C41H39NO5. The maximum Gasteiger partial charge on any atom is 0.203 e. The molecule has 1 atom stereocenters. The van der Waals surface area contributed by atoms with Crippen molar-refractivity contribution in [3.05, 3.63) is 119 Å². The molecule has 0 spiro atoms. The lowest BCUT2D eigenvalue weighted by atomic mass is 9.76. The third-order valence-corrected chi connectivity index (χ3v) is 10.2. The molecule has 1 unspecified atom stereocenters. The molecule has 0 saturated carbocycles. The highest BCUT2D eigenvalue weighted by Crippen LogP contribution is 2.62. The number of hydrogen-bond donors (Lipinski definition) is 0. The third-order valence-electron chi connectivity index (χ3n) is 10.2. The molecule has 2 heterocycles. The van der Waals surface area contributed by atoms with E-state index in [1.807, 2.05) is 0 Å². The van der Waals surface area contributed by atoms with Crippen LogP contribution in [0.5, 0.6) is 23.0 Å². The summed E-state index contributed by atoms with van der Waals surface area (Å²) < 4.78 is 30.8. The summed E-state index contributed by atoms with van der Waals surface area (Å²) in [5.74, 6) is 2.81. The third kappa shape index (κ3) is 4.27. The van der Waals surface area contributed by atoms with Gasteiger partial charge in [0.1, 0.15) is 5.75 Å². The van der Waals surface area contributed by atoms with Gasteiger partial charge in [0.15, 0.2) is 17.1 Å². The van der Waals surface area contributed by atoms with Crippen LogP contribution >= 0.6 is 0 Å². The second kappa shape index (κ2) is 11.1. The van der Waals surface area contributed by atoms with E-state index in [9.17, 15) is 0 Å². The van der Waals surface area contributed by atoms with Crippen molar-refractivity contribution in [1.29, 1.82) is 0 Å². The number of hydrogen-bond acceptors (Lipinski definition) is 6. The molecule has 6 heteroatoms. The molecule has 0 N–H and O–H groups in total. The van der Waals surface area contributed by atoms with E-state index in [1.54, 1.807) is 21.3 Å². The number of ether oxygens (including phenoxy) is 5. The number of fused-ring (bicyclic) bond motifs is 8. The van der Waals surface area contributed by atoms with Crippen LogP contribution < -0.4 is 23.8 Å². The van der Waals surface area contributed by atoms with Gasteiger partial charge in [0.2, 0.25) is 5.75 Å². The monoisotopic (exact) mass is 625 g/mol. The number of anilines is 1. The van der Waals surface area contributed by atoms with Crippen molar-refractivity contribution in [2.45, 2.75) is 24.9 Å². The van der Waals surface area contributed by atoms with E-state index in [4.69, 9.17) is 23.7 Å². The van der Waals surface area contributed by atoms with Gasteiger partial charge >= 0.3 is 0 Å². The summed E-state index contributed by atoms with van der Waals surface area (Å²) in [7, 11) is 5.03. The SMILES string of the molecule is COc1cc2c(c(OC)c1OC)C(C)(C)c1c3c(c4ccccc4c1-2)OC(c1ccccc1)(c1ccc(N2CCOCC2)cc1)C=C3. The molecule has 8 rings (SSSR count). The van der Waals surface area contributed by atoms with Gasteiger partial charge in [-0.3, -0.25) is 0 Å². The Morgan fingerprint density at radius 1 is 0.702 bits per heavy atom. The van der Waals surface area contributed by atoms with Gasteiger partial charge in [0.25, 0.3) is 0 Å². The van der Waals surface area contributed by atoms with Crippen molar-refractivity contribution in [3.63, 3.8) is 0 Å². The Morgan fingerprint density at radius 3 is 2.04 bits per heavy atom. The smallest absolute Gasteiger partial charge is 0.203 e. The molecule has 5 aromatic carbocycles. The topological polar surface area (TPSA) is 49.4 Å². The Hall–Kier alpha value is -4.94. The molecule has 1 saturated heterocycles. The van der Waals surface area contributed by atoms with Gasteiger partial charge in [-0.05, 0) is 46.4 Å². The summed E-state index contributed by atoms with van der Waals surface area (Å²) in [6, 6.07) is 30.1. The van der Waals surface area contributed by atoms with Gasteiger partial charge in [-0.2, -0.15) is 0 Å². The standard InChI is InChI=1S/C41H39NO5/c1-40(2)35-31-19-20-41(26-11-7-6-8-12-26,27-15-17-28(18-16-27)42-21-23-46-24-22-42)47-37(31)30-14-10-9-13-29(30)34(35)32-25-33(43-3)38(44-4)39(45-5)36(32)40/h6-20,25H,21-24H2,1-5H3. The number of rotatable bonds is 6. The van der Waals surface area contributed by atoms with Crippen molar-refractivity contribution < 1.29 is 23.7 Å². The minimum atomic E-state index is -0.825. The van der Waals surface area contributed by atoms with Crippen molar-refractivity contribution >= 4 is 22.5 Å². The summed E-state index contributed by atoms with van der Waals surface area (Å²) in [6.07, 6.45) is 4.52. The minimum Gasteiger partial charge on any atom is -0.493 e. The highest BCUT2D eigenvalue weighted by Gasteiger charge is 2.46. The van der Waals surface area contributed by atoms with Crippen LogP contribution in [0.4, 0.5) is 5.69 Å². The van der Waals surface area contributed by atoms with Crippen LogP contribution in [0.2, 0.25) is 0 Å². The fourth-order valence-electron chi connectivity index (χ4n) is 8.02. The molecule has 0 amide bonds. The van der Waals surface area contributed by atoms with E-state index < -0.39 is 11.0 Å². The number of nitrogens with zero attached hydrogens (tertiary/aromatic N) is 1. The first-order valence-corrected chi connectivity index (χ1v) is 16.2. The van der Waals surface area contributed by atoms with E-state index >= 15 is 0 Å². The summed E-state index contributed by atoms with van der Waals surface area (Å²) in [5.41, 5.74) is 7.72. The average molecular weight is 626 g/mol. The Morgan fingerprint density at radius 2 is 1.36 bits per heavy atom. The largest absolute Gasteiger partial charge is 0.493 e. The molecule has 238 valence electrons. The van der Waals surface area contributed by atoms with E-state index in [0.717, 1.165) is 70.6 Å². The van der Waals surface area contributed by atoms with Crippen molar-refractivity contribution in [2.75, 3.05) is 52.5 Å². The van der Waals surface area contributed by atoms with E-state index in [-0.39, 0.29) is 0 Å². The highest BCUT2D eigenvalue weighted by atomic mass is 16.5. The van der Waals surface area contributed by atoms with Crippen LogP contribution in [0.1, 0.15) is 41.7 Å². The summed E-state index contributed by atoms with van der Waals surface area (Å²) >= 11 is 0. The first-order chi connectivity index (χ1) is 22.9. The van der Waals surface area contributed by atoms with Gasteiger partial charge in [0.05, 0.1) is 34.5 Å². The van der Waals surface area contributed by atoms with Gasteiger partial charge in [0, 0.05) is 51.8 Å². The zero-order valence-corrected chi connectivity index (χ0v) is 27.6. The number of methoxy groups -OCH3 is 3. The Kier molecular flexibility index (Phi) is 6.96. The van der Waals surface area contributed by atoms with Gasteiger partial charge in [-0.25, -0.2) is 0 Å². The zero-order valence-electron chi connectivity index (χ0n) is 27.6. The lowest BCUT2D eigenvalue weighted by Gasteiger charge is -2.38. The normalized spacial score (nSPS) is 19.0. The zero-order chi connectivity index (χ0) is 32.3. The average Bonchev–Trinajstić information content (AvgIpc) is 3.37. The molecule has 1 fully saturated rings. The van der Waals surface area contributed by atoms with Gasteiger partial charge < -0.3 is 28.6 Å². The molecule has 5 aromatic rings. The number of benzene rings is 5. The maximum absolute atomic E-state index is 7.45. The molecule has 0 radical (unpaired) electrons.